The van der Waals surface area contributed by atoms with Crippen LogP contribution in [0.4, 0.5) is 0 Å². The maximum Gasteiger partial charge on any atom is 0.253 e. The third-order valence-corrected chi connectivity index (χ3v) is 6.21. The van der Waals surface area contributed by atoms with Gasteiger partial charge in [0.25, 0.3) is 5.91 Å². The van der Waals surface area contributed by atoms with Gasteiger partial charge < -0.3 is 19.4 Å². The minimum absolute atomic E-state index is 0.0389. The molecule has 2 aliphatic rings. The third kappa shape index (κ3) is 4.47. The van der Waals surface area contributed by atoms with E-state index in [9.17, 15) is 9.59 Å². The zero-order valence-corrected chi connectivity index (χ0v) is 18.8. The second-order valence-corrected chi connectivity index (χ2v) is 8.23. The lowest BCUT2D eigenvalue weighted by Gasteiger charge is -2.25. The molecule has 168 valence electrons. The topological polar surface area (TPSA) is 84.7 Å². The lowest BCUT2D eigenvalue weighted by atomic mass is 10.1. The maximum atomic E-state index is 13.2. The van der Waals surface area contributed by atoms with Gasteiger partial charge in [-0.2, -0.15) is 0 Å². The van der Waals surface area contributed by atoms with Gasteiger partial charge in [-0.3, -0.25) is 9.59 Å². The quantitative estimate of drug-likeness (QED) is 0.742. The maximum absolute atomic E-state index is 13.2. The number of nitrogens with one attached hydrogen (secondary N) is 1. The van der Waals surface area contributed by atoms with Crippen LogP contribution < -0.4 is 5.32 Å². The van der Waals surface area contributed by atoms with Crippen molar-refractivity contribution in [2.24, 2.45) is 0 Å². The van der Waals surface area contributed by atoms with E-state index in [4.69, 9.17) is 9.15 Å². The predicted octanol–water partition coefficient (Wildman–Crippen LogP) is 3.98. The first-order valence-corrected chi connectivity index (χ1v) is 11.1. The van der Waals surface area contributed by atoms with Crippen LogP contribution in [0.3, 0.4) is 0 Å². The van der Waals surface area contributed by atoms with Crippen molar-refractivity contribution in [3.05, 3.63) is 59.7 Å². The number of rotatable bonds is 6. The summed E-state index contributed by atoms with van der Waals surface area (Å²) in [4.78, 5) is 31.3. The molecule has 7 heteroatoms. The average Bonchev–Trinajstić information content (AvgIpc) is 3.39. The van der Waals surface area contributed by atoms with Gasteiger partial charge in [0.2, 0.25) is 11.8 Å². The highest BCUT2D eigenvalue weighted by atomic mass is 16.5. The summed E-state index contributed by atoms with van der Waals surface area (Å²) in [6.45, 7) is 1.85. The molecule has 1 heterocycles. The average molecular weight is 436 g/mol. The molecule has 2 amide bonds. The Morgan fingerprint density at radius 2 is 2.06 bits per heavy atom. The number of hydrogen-bond acceptors (Lipinski definition) is 5. The molecule has 32 heavy (non-hydrogen) atoms. The molecule has 4 rings (SSSR count). The van der Waals surface area contributed by atoms with Crippen molar-refractivity contribution < 1.29 is 18.7 Å². The van der Waals surface area contributed by atoms with Crippen molar-refractivity contribution in [2.75, 3.05) is 14.2 Å². The monoisotopic (exact) mass is 435 g/mol. The van der Waals surface area contributed by atoms with Crippen molar-refractivity contribution in [2.45, 2.75) is 51.1 Å². The zero-order valence-electron chi connectivity index (χ0n) is 18.8. The molecule has 0 saturated heterocycles. The number of carbonyl (C=O) groups excluding carboxylic acids is 2. The molecule has 1 fully saturated rings. The fourth-order valence-electron chi connectivity index (χ4n) is 4.32. The number of allylic oxidation sites excluding steroid dienone is 3. The van der Waals surface area contributed by atoms with Crippen LogP contribution in [-0.2, 0) is 14.3 Å². The van der Waals surface area contributed by atoms with E-state index in [1.165, 1.54) is 0 Å². The van der Waals surface area contributed by atoms with E-state index in [0.29, 0.717) is 35.6 Å². The van der Waals surface area contributed by atoms with Gasteiger partial charge in [0.15, 0.2) is 5.58 Å². The van der Waals surface area contributed by atoms with E-state index < -0.39 is 0 Å². The Hall–Kier alpha value is -3.35. The summed E-state index contributed by atoms with van der Waals surface area (Å²) in [5.41, 5.74) is 2.82. The van der Waals surface area contributed by atoms with E-state index in [2.05, 4.69) is 10.3 Å². The van der Waals surface area contributed by atoms with E-state index in [1.807, 2.05) is 50.4 Å². The smallest absolute Gasteiger partial charge is 0.253 e. The highest BCUT2D eigenvalue weighted by Gasteiger charge is 2.31. The molecule has 1 aromatic carbocycles. The van der Waals surface area contributed by atoms with Gasteiger partial charge in [0.1, 0.15) is 11.3 Å². The number of benzene rings is 1. The zero-order chi connectivity index (χ0) is 22.7. The van der Waals surface area contributed by atoms with Crippen LogP contribution in [0.5, 0.6) is 0 Å². The molecular formula is C25H29N3O4. The molecule has 2 aliphatic carbocycles. The lowest BCUT2D eigenvalue weighted by Crippen LogP contribution is -2.38. The number of ether oxygens (including phenoxy) is 1. The van der Waals surface area contributed by atoms with Crippen LogP contribution in [0, 0.1) is 0 Å². The summed E-state index contributed by atoms with van der Waals surface area (Å²) in [6, 6.07) is 7.83. The van der Waals surface area contributed by atoms with Gasteiger partial charge in [-0.05, 0) is 43.5 Å². The van der Waals surface area contributed by atoms with Crippen molar-refractivity contribution in [3.63, 3.8) is 0 Å². The van der Waals surface area contributed by atoms with Crippen LogP contribution in [0.2, 0.25) is 0 Å². The minimum Gasteiger partial charge on any atom is -0.500 e. The largest absolute Gasteiger partial charge is 0.500 e. The van der Waals surface area contributed by atoms with Crippen molar-refractivity contribution >= 4 is 28.5 Å². The van der Waals surface area contributed by atoms with E-state index >= 15 is 0 Å². The fourth-order valence-corrected chi connectivity index (χ4v) is 4.32. The van der Waals surface area contributed by atoms with Crippen molar-refractivity contribution in [1.82, 2.24) is 15.2 Å². The number of hydrogen-bond donors (Lipinski definition) is 1. The first-order valence-electron chi connectivity index (χ1n) is 11.1. The molecule has 0 radical (unpaired) electrons. The number of amides is 2. The number of fused-ring (bicyclic) bond motifs is 1. The van der Waals surface area contributed by atoms with Crippen LogP contribution in [0.1, 0.15) is 44.9 Å². The fraction of sp³-hybridized carbons (Fsp3) is 0.400. The Morgan fingerprint density at radius 3 is 2.81 bits per heavy atom. The Labute approximate surface area is 187 Å². The number of oxazole rings is 1. The standard InChI is InChI=1S/C25H29N3O4/c1-4-23(29)26-17-11-12-18(15-17)28(2)25(30)16-9-13-19(21(31-3)14-10-16)24-27-20-7-5-6-8-22(20)32-24/h5-10,13,17-18H,4,11-12,14-15H2,1-3H3,(H,26,29)/t17-,18?/m0/s1. The van der Waals surface area contributed by atoms with Gasteiger partial charge in [-0.25, -0.2) is 4.98 Å². The lowest BCUT2D eigenvalue weighted by molar-refractivity contribution is -0.127. The molecule has 1 N–H and O–H groups in total. The summed E-state index contributed by atoms with van der Waals surface area (Å²) >= 11 is 0. The molecule has 7 nitrogen and oxygen atoms in total. The number of aromatic nitrogens is 1. The molecule has 0 bridgehead atoms. The number of nitrogens with zero attached hydrogens (tertiary/aromatic N) is 2. The van der Waals surface area contributed by atoms with Crippen LogP contribution in [-0.4, -0.2) is 47.9 Å². The van der Waals surface area contributed by atoms with Crippen LogP contribution in [0.15, 0.2) is 58.2 Å². The van der Waals surface area contributed by atoms with Gasteiger partial charge in [-0.1, -0.05) is 25.1 Å². The molecule has 0 aliphatic heterocycles. The van der Waals surface area contributed by atoms with Crippen LogP contribution in [0.25, 0.3) is 16.7 Å². The van der Waals surface area contributed by atoms with Gasteiger partial charge >= 0.3 is 0 Å². The van der Waals surface area contributed by atoms with E-state index in [-0.39, 0.29) is 23.9 Å². The molecule has 2 aromatic rings. The molecule has 2 atom stereocenters. The minimum atomic E-state index is -0.0389. The summed E-state index contributed by atoms with van der Waals surface area (Å²) in [6.07, 6.45) is 9.02. The third-order valence-electron chi connectivity index (χ3n) is 6.21. The first kappa shape index (κ1) is 21.9. The number of carbonyl (C=O) groups is 2. The molecule has 1 saturated carbocycles. The first-order chi connectivity index (χ1) is 15.5. The number of para-hydroxylation sites is 2. The number of methoxy groups -OCH3 is 1. The highest BCUT2D eigenvalue weighted by molar-refractivity contribution is 5.97. The second kappa shape index (κ2) is 9.42. The molecule has 0 spiro atoms. The highest BCUT2D eigenvalue weighted by Crippen LogP contribution is 2.30. The Bertz CT molecular complexity index is 1080. The molecular weight excluding hydrogens is 406 g/mol. The van der Waals surface area contributed by atoms with Gasteiger partial charge in [-0.15, -0.1) is 0 Å². The van der Waals surface area contributed by atoms with Gasteiger partial charge in [0, 0.05) is 37.5 Å². The normalized spacial score (nSPS) is 20.8. The van der Waals surface area contributed by atoms with Crippen molar-refractivity contribution in [3.8, 4) is 0 Å². The summed E-state index contributed by atoms with van der Waals surface area (Å²) in [7, 11) is 3.45. The van der Waals surface area contributed by atoms with Crippen LogP contribution >= 0.6 is 0 Å². The van der Waals surface area contributed by atoms with E-state index in [1.54, 1.807) is 18.1 Å². The number of likely N-dealkylation sites (N-methyl/N-ethyl adjacent to an activating group) is 1. The second-order valence-electron chi connectivity index (χ2n) is 8.23. The summed E-state index contributed by atoms with van der Waals surface area (Å²) in [5.74, 6) is 1.19. The molecule has 1 unspecified atom stereocenters. The summed E-state index contributed by atoms with van der Waals surface area (Å²) < 4.78 is 11.5. The SMILES string of the molecule is CCC(=O)N[C@H]1CCC(N(C)C(=O)C2=CCC(OC)=C(c3nc4ccccc4o3)C=C2)C1. The van der Waals surface area contributed by atoms with Gasteiger partial charge in [0.05, 0.1) is 12.7 Å². The Morgan fingerprint density at radius 1 is 1.25 bits per heavy atom. The summed E-state index contributed by atoms with van der Waals surface area (Å²) in [5, 5.41) is 3.04. The Balaban J connectivity index is 1.48. The molecule has 1 aromatic heterocycles. The Kier molecular flexibility index (Phi) is 6.44. The van der Waals surface area contributed by atoms with Crippen molar-refractivity contribution in [1.29, 1.82) is 0 Å². The predicted molar refractivity (Wildman–Crippen MR) is 122 cm³/mol. The van der Waals surface area contributed by atoms with E-state index in [0.717, 1.165) is 30.4 Å².